The summed E-state index contributed by atoms with van der Waals surface area (Å²) in [7, 11) is 1.58. The molecule has 0 aliphatic carbocycles. The van der Waals surface area contributed by atoms with Crippen LogP contribution in [-0.4, -0.2) is 32.1 Å². The fraction of sp³-hybridized carbons (Fsp3) is 0.444. The van der Waals surface area contributed by atoms with Gasteiger partial charge >= 0.3 is 0 Å². The van der Waals surface area contributed by atoms with Gasteiger partial charge in [-0.1, -0.05) is 0 Å². The van der Waals surface area contributed by atoms with Gasteiger partial charge in [0, 0.05) is 36.4 Å². The van der Waals surface area contributed by atoms with Crippen LogP contribution in [0.2, 0.25) is 0 Å². The maximum atomic E-state index is 12.0. The summed E-state index contributed by atoms with van der Waals surface area (Å²) in [5, 5.41) is 11.9. The van der Waals surface area contributed by atoms with E-state index in [9.17, 15) is 10.1 Å². The second-order valence-electron chi connectivity index (χ2n) is 5.40. The molecule has 23 heavy (non-hydrogen) atoms. The zero-order valence-corrected chi connectivity index (χ0v) is 14.5. The molecule has 0 saturated heterocycles. The Morgan fingerprint density at radius 3 is 2.52 bits per heavy atom. The molecule has 5 nitrogen and oxygen atoms in total. The van der Waals surface area contributed by atoms with Crippen molar-refractivity contribution in [3.8, 4) is 11.8 Å². The van der Waals surface area contributed by atoms with Crippen LogP contribution >= 0.6 is 0 Å². The molecular formula is C18H25N3O2. The number of benzene rings is 1. The molecule has 1 aromatic rings. The van der Waals surface area contributed by atoms with Crippen LogP contribution in [0, 0.1) is 11.3 Å². The Bertz CT molecular complexity index is 611. The number of hydrogen-bond acceptors (Lipinski definition) is 4. The molecule has 124 valence electrons. The first-order valence-electron chi connectivity index (χ1n) is 7.82. The van der Waals surface area contributed by atoms with Gasteiger partial charge in [0.25, 0.3) is 5.91 Å². The summed E-state index contributed by atoms with van der Waals surface area (Å²) in [6, 6.07) is 7.69. The van der Waals surface area contributed by atoms with Gasteiger partial charge in [-0.3, -0.25) is 4.79 Å². The van der Waals surface area contributed by atoms with Crippen LogP contribution in [0.5, 0.6) is 5.75 Å². The summed E-state index contributed by atoms with van der Waals surface area (Å²) >= 11 is 0. The molecular weight excluding hydrogens is 290 g/mol. The number of nitrogens with one attached hydrogen (secondary N) is 1. The second-order valence-corrected chi connectivity index (χ2v) is 5.40. The molecule has 0 fully saturated rings. The van der Waals surface area contributed by atoms with Crippen molar-refractivity contribution in [3.05, 3.63) is 29.3 Å². The minimum atomic E-state index is -0.377. The predicted octanol–water partition coefficient (Wildman–Crippen LogP) is 2.97. The number of hydrogen-bond donors (Lipinski definition) is 1. The van der Waals surface area contributed by atoms with Crippen molar-refractivity contribution >= 4 is 17.7 Å². The molecule has 0 unspecified atom stereocenters. The Hall–Kier alpha value is -2.48. The standard InChI is InChI=1S/C18H25N3O2/c1-6-21(7-2)16-9-8-14(17(11-16)23-5)10-15(12-19)18(22)20-13(3)4/h8-11,13H,6-7H2,1-5H3,(H,20,22)/b15-10-. The van der Waals surface area contributed by atoms with Crippen LogP contribution in [0.25, 0.3) is 6.08 Å². The number of amides is 1. The quantitative estimate of drug-likeness (QED) is 0.620. The lowest BCUT2D eigenvalue weighted by Crippen LogP contribution is -2.30. The maximum absolute atomic E-state index is 12.0. The Balaban J connectivity index is 3.19. The highest BCUT2D eigenvalue weighted by molar-refractivity contribution is 6.02. The van der Waals surface area contributed by atoms with Gasteiger partial charge < -0.3 is 15.0 Å². The normalized spacial score (nSPS) is 11.1. The zero-order valence-electron chi connectivity index (χ0n) is 14.5. The van der Waals surface area contributed by atoms with Crippen LogP contribution in [-0.2, 0) is 4.79 Å². The minimum Gasteiger partial charge on any atom is -0.496 e. The third-order valence-corrected chi connectivity index (χ3v) is 3.43. The van der Waals surface area contributed by atoms with Crippen LogP contribution in [0.4, 0.5) is 5.69 Å². The van der Waals surface area contributed by atoms with E-state index in [1.807, 2.05) is 38.1 Å². The summed E-state index contributed by atoms with van der Waals surface area (Å²) in [5.74, 6) is 0.261. The summed E-state index contributed by atoms with van der Waals surface area (Å²) in [6.07, 6.45) is 1.56. The topological polar surface area (TPSA) is 65.4 Å². The fourth-order valence-corrected chi connectivity index (χ4v) is 2.25. The summed E-state index contributed by atoms with van der Waals surface area (Å²) in [5.41, 5.74) is 1.82. The third kappa shape index (κ3) is 5.03. The molecule has 1 aromatic carbocycles. The smallest absolute Gasteiger partial charge is 0.262 e. The van der Waals surface area contributed by atoms with Gasteiger partial charge in [0.2, 0.25) is 0 Å². The number of rotatable bonds is 7. The molecule has 0 aromatic heterocycles. The molecule has 0 aliphatic rings. The summed E-state index contributed by atoms with van der Waals surface area (Å²) < 4.78 is 5.42. The monoisotopic (exact) mass is 315 g/mol. The number of nitriles is 1. The number of nitrogens with zero attached hydrogens (tertiary/aromatic N) is 2. The van der Waals surface area contributed by atoms with Gasteiger partial charge in [-0.25, -0.2) is 0 Å². The van der Waals surface area contributed by atoms with Gasteiger partial charge in [0.05, 0.1) is 7.11 Å². The highest BCUT2D eigenvalue weighted by atomic mass is 16.5. The number of ether oxygens (including phenoxy) is 1. The maximum Gasteiger partial charge on any atom is 0.262 e. The van der Waals surface area contributed by atoms with Crippen LogP contribution in [0.1, 0.15) is 33.3 Å². The summed E-state index contributed by atoms with van der Waals surface area (Å²) in [4.78, 5) is 14.2. The van der Waals surface area contributed by atoms with Crippen molar-refractivity contribution < 1.29 is 9.53 Å². The van der Waals surface area contributed by atoms with E-state index in [0.29, 0.717) is 11.3 Å². The van der Waals surface area contributed by atoms with Gasteiger partial charge in [-0.05, 0) is 45.9 Å². The van der Waals surface area contributed by atoms with E-state index in [2.05, 4.69) is 24.1 Å². The number of methoxy groups -OCH3 is 1. The second kappa shape index (κ2) is 8.84. The highest BCUT2D eigenvalue weighted by Crippen LogP contribution is 2.27. The first-order valence-corrected chi connectivity index (χ1v) is 7.82. The van der Waals surface area contributed by atoms with Crippen LogP contribution in [0.3, 0.4) is 0 Å². The molecule has 0 atom stereocenters. The average Bonchev–Trinajstić information content (AvgIpc) is 2.53. The Morgan fingerprint density at radius 1 is 1.39 bits per heavy atom. The van der Waals surface area contributed by atoms with E-state index in [0.717, 1.165) is 18.8 Å². The van der Waals surface area contributed by atoms with Crippen molar-refractivity contribution in [2.24, 2.45) is 0 Å². The lowest BCUT2D eigenvalue weighted by molar-refractivity contribution is -0.117. The van der Waals surface area contributed by atoms with E-state index in [1.165, 1.54) is 0 Å². The van der Waals surface area contributed by atoms with Crippen molar-refractivity contribution in [1.29, 1.82) is 5.26 Å². The fourth-order valence-electron chi connectivity index (χ4n) is 2.25. The van der Waals surface area contributed by atoms with Crippen LogP contribution < -0.4 is 15.0 Å². The third-order valence-electron chi connectivity index (χ3n) is 3.43. The van der Waals surface area contributed by atoms with E-state index in [4.69, 9.17) is 4.74 Å². The average molecular weight is 315 g/mol. The first-order chi connectivity index (χ1) is 11.0. The predicted molar refractivity (Wildman–Crippen MR) is 93.4 cm³/mol. The molecule has 5 heteroatoms. The van der Waals surface area contributed by atoms with E-state index >= 15 is 0 Å². The van der Waals surface area contributed by atoms with Crippen molar-refractivity contribution in [2.75, 3.05) is 25.1 Å². The lowest BCUT2D eigenvalue weighted by Gasteiger charge is -2.22. The molecule has 1 amide bonds. The molecule has 0 spiro atoms. The lowest BCUT2D eigenvalue weighted by atomic mass is 10.1. The molecule has 1 N–H and O–H groups in total. The summed E-state index contributed by atoms with van der Waals surface area (Å²) in [6.45, 7) is 9.69. The Kier molecular flexibility index (Phi) is 7.14. The number of carbonyl (C=O) groups excluding carboxylic acids is 1. The zero-order chi connectivity index (χ0) is 17.4. The molecule has 0 heterocycles. The highest BCUT2D eigenvalue weighted by Gasteiger charge is 2.13. The molecule has 0 radical (unpaired) electrons. The number of anilines is 1. The van der Waals surface area contributed by atoms with Gasteiger partial charge in [0.1, 0.15) is 17.4 Å². The van der Waals surface area contributed by atoms with Crippen LogP contribution in [0.15, 0.2) is 23.8 Å². The van der Waals surface area contributed by atoms with E-state index < -0.39 is 0 Å². The van der Waals surface area contributed by atoms with E-state index in [-0.39, 0.29) is 17.5 Å². The molecule has 0 bridgehead atoms. The SMILES string of the molecule is CCN(CC)c1ccc(/C=C(/C#N)C(=O)NC(C)C)c(OC)c1. The van der Waals surface area contributed by atoms with Gasteiger partial charge in [-0.15, -0.1) is 0 Å². The van der Waals surface area contributed by atoms with Crippen molar-refractivity contribution in [1.82, 2.24) is 5.32 Å². The minimum absolute atomic E-state index is 0.0220. The van der Waals surface area contributed by atoms with Crippen molar-refractivity contribution in [3.63, 3.8) is 0 Å². The van der Waals surface area contributed by atoms with Gasteiger partial charge in [0.15, 0.2) is 0 Å². The molecule has 0 aliphatic heterocycles. The Morgan fingerprint density at radius 2 is 2.04 bits per heavy atom. The van der Waals surface area contributed by atoms with Gasteiger partial charge in [-0.2, -0.15) is 5.26 Å². The van der Waals surface area contributed by atoms with E-state index in [1.54, 1.807) is 13.2 Å². The van der Waals surface area contributed by atoms with Crippen molar-refractivity contribution in [2.45, 2.75) is 33.7 Å². The molecule has 0 saturated carbocycles. The molecule has 1 rings (SSSR count). The first kappa shape index (κ1) is 18.6. The Labute approximate surface area is 138 Å². The largest absolute Gasteiger partial charge is 0.496 e. The number of carbonyl (C=O) groups is 1.